The molecule has 0 spiro atoms. The number of hydrogen-bond donors (Lipinski definition) is 1. The second-order valence-corrected chi connectivity index (χ2v) is 4.44. The van der Waals surface area contributed by atoms with Gasteiger partial charge in [-0.05, 0) is 30.3 Å². The summed E-state index contributed by atoms with van der Waals surface area (Å²) in [6.07, 6.45) is 0.732. The Morgan fingerprint density at radius 2 is 2.15 bits per heavy atom. The molecule has 0 radical (unpaired) electrons. The molecule has 1 N–H and O–H groups in total. The van der Waals surface area contributed by atoms with Gasteiger partial charge in [0.25, 0.3) is 0 Å². The summed E-state index contributed by atoms with van der Waals surface area (Å²) in [4.78, 5) is 15.7. The number of halogens is 1. The number of aromatic nitrogens is 1. The maximum Gasteiger partial charge on any atom is 0.417 e. The van der Waals surface area contributed by atoms with Crippen molar-refractivity contribution in [3.8, 4) is 5.75 Å². The van der Waals surface area contributed by atoms with Gasteiger partial charge in [-0.2, -0.15) is 0 Å². The normalized spacial score (nSPS) is 10.4. The first kappa shape index (κ1) is 12.5. The standard InChI is InChI=1S/C14H9ClN2O3/c15-9-2-1-3-10(6-9)17-14(18)20-11-4-5-13-12(7-11)16-8-19-13/h1-8H,(H,17,18). The summed E-state index contributed by atoms with van der Waals surface area (Å²) in [5, 5.41) is 3.12. The third-order valence-corrected chi connectivity index (χ3v) is 2.82. The molecule has 0 bridgehead atoms. The summed E-state index contributed by atoms with van der Waals surface area (Å²) in [5.41, 5.74) is 1.82. The van der Waals surface area contributed by atoms with E-state index in [2.05, 4.69) is 10.3 Å². The highest BCUT2D eigenvalue weighted by molar-refractivity contribution is 6.30. The molecular formula is C14H9ClN2O3. The molecule has 100 valence electrons. The Labute approximate surface area is 119 Å². The van der Waals surface area contributed by atoms with Crippen LogP contribution in [-0.2, 0) is 0 Å². The number of nitrogens with one attached hydrogen (secondary N) is 1. The van der Waals surface area contributed by atoms with Crippen LogP contribution < -0.4 is 10.1 Å². The van der Waals surface area contributed by atoms with Crippen molar-refractivity contribution in [2.24, 2.45) is 0 Å². The molecule has 0 fully saturated rings. The zero-order chi connectivity index (χ0) is 13.9. The van der Waals surface area contributed by atoms with Gasteiger partial charge in [-0.25, -0.2) is 9.78 Å². The number of ether oxygens (including phenoxy) is 1. The predicted octanol–water partition coefficient (Wildman–Crippen LogP) is 4.09. The lowest BCUT2D eigenvalue weighted by molar-refractivity contribution is 0.215. The van der Waals surface area contributed by atoms with E-state index in [9.17, 15) is 4.79 Å². The van der Waals surface area contributed by atoms with Gasteiger partial charge < -0.3 is 9.15 Å². The summed E-state index contributed by atoms with van der Waals surface area (Å²) in [6.45, 7) is 0. The minimum atomic E-state index is -0.602. The van der Waals surface area contributed by atoms with Gasteiger partial charge in [-0.15, -0.1) is 0 Å². The summed E-state index contributed by atoms with van der Waals surface area (Å²) in [7, 11) is 0. The Balaban J connectivity index is 1.72. The molecule has 0 unspecified atom stereocenters. The Morgan fingerprint density at radius 1 is 1.25 bits per heavy atom. The van der Waals surface area contributed by atoms with E-state index in [-0.39, 0.29) is 0 Å². The number of amides is 1. The van der Waals surface area contributed by atoms with Crippen molar-refractivity contribution in [3.63, 3.8) is 0 Å². The van der Waals surface area contributed by atoms with Crippen molar-refractivity contribution in [2.45, 2.75) is 0 Å². The van der Waals surface area contributed by atoms with Crippen molar-refractivity contribution in [2.75, 3.05) is 5.32 Å². The fourth-order valence-electron chi connectivity index (χ4n) is 1.72. The second-order valence-electron chi connectivity index (χ2n) is 4.01. The molecule has 0 atom stereocenters. The molecule has 1 amide bonds. The number of hydrogen-bond acceptors (Lipinski definition) is 4. The number of rotatable bonds is 2. The van der Waals surface area contributed by atoms with Gasteiger partial charge in [-0.1, -0.05) is 17.7 Å². The second kappa shape index (κ2) is 5.22. The van der Waals surface area contributed by atoms with Crippen LogP contribution in [0.15, 0.2) is 53.3 Å². The lowest BCUT2D eigenvalue weighted by Gasteiger charge is -2.06. The first-order chi connectivity index (χ1) is 9.70. The van der Waals surface area contributed by atoms with Crippen LogP contribution in [0.3, 0.4) is 0 Å². The number of fused-ring (bicyclic) bond motifs is 1. The van der Waals surface area contributed by atoms with Gasteiger partial charge in [0.2, 0.25) is 0 Å². The molecule has 1 heterocycles. The lowest BCUT2D eigenvalue weighted by Crippen LogP contribution is -2.16. The number of oxazole rings is 1. The average Bonchev–Trinajstić information content (AvgIpc) is 2.86. The molecule has 20 heavy (non-hydrogen) atoms. The lowest BCUT2D eigenvalue weighted by atomic mass is 10.3. The molecule has 0 saturated heterocycles. The third kappa shape index (κ3) is 2.73. The molecule has 0 aliphatic carbocycles. The molecule has 0 aliphatic heterocycles. The van der Waals surface area contributed by atoms with Crippen LogP contribution in [0.1, 0.15) is 0 Å². The summed E-state index contributed by atoms with van der Waals surface area (Å²) in [6, 6.07) is 11.7. The number of carbonyl (C=O) groups is 1. The highest BCUT2D eigenvalue weighted by Crippen LogP contribution is 2.20. The van der Waals surface area contributed by atoms with Crippen molar-refractivity contribution in [1.82, 2.24) is 4.98 Å². The van der Waals surface area contributed by atoms with Crippen molar-refractivity contribution < 1.29 is 13.9 Å². The summed E-state index contributed by atoms with van der Waals surface area (Å²) < 4.78 is 10.3. The SMILES string of the molecule is O=C(Nc1cccc(Cl)c1)Oc1ccc2ocnc2c1. The van der Waals surface area contributed by atoms with Crippen LogP contribution in [0, 0.1) is 0 Å². The van der Waals surface area contributed by atoms with Gasteiger partial charge in [0, 0.05) is 16.8 Å². The quantitative estimate of drug-likeness (QED) is 0.771. The average molecular weight is 289 g/mol. The molecule has 3 rings (SSSR count). The minimum absolute atomic E-state index is 0.380. The van der Waals surface area contributed by atoms with Crippen LogP contribution in [-0.4, -0.2) is 11.1 Å². The van der Waals surface area contributed by atoms with E-state index in [1.165, 1.54) is 6.39 Å². The monoisotopic (exact) mass is 288 g/mol. The molecule has 2 aromatic carbocycles. The summed E-state index contributed by atoms with van der Waals surface area (Å²) >= 11 is 5.83. The van der Waals surface area contributed by atoms with Crippen LogP contribution in [0.5, 0.6) is 5.75 Å². The highest BCUT2D eigenvalue weighted by Gasteiger charge is 2.07. The van der Waals surface area contributed by atoms with E-state index in [4.69, 9.17) is 20.8 Å². The molecule has 5 nitrogen and oxygen atoms in total. The minimum Gasteiger partial charge on any atom is -0.443 e. The molecule has 3 aromatic rings. The van der Waals surface area contributed by atoms with Gasteiger partial charge in [0.1, 0.15) is 11.3 Å². The van der Waals surface area contributed by atoms with Crippen LogP contribution in [0.25, 0.3) is 11.1 Å². The zero-order valence-electron chi connectivity index (χ0n) is 10.2. The first-order valence-corrected chi connectivity index (χ1v) is 6.16. The summed E-state index contributed by atoms with van der Waals surface area (Å²) in [5.74, 6) is 0.380. The van der Waals surface area contributed by atoms with Crippen molar-refractivity contribution in [3.05, 3.63) is 53.9 Å². The number of nitrogens with zero attached hydrogens (tertiary/aromatic N) is 1. The van der Waals surface area contributed by atoms with E-state index in [1.807, 2.05) is 0 Å². The van der Waals surface area contributed by atoms with Gasteiger partial charge in [0.15, 0.2) is 12.0 Å². The maximum atomic E-state index is 11.7. The van der Waals surface area contributed by atoms with Gasteiger partial charge in [0.05, 0.1) is 0 Å². The Kier molecular flexibility index (Phi) is 3.26. The van der Waals surface area contributed by atoms with E-state index < -0.39 is 6.09 Å². The molecule has 6 heteroatoms. The van der Waals surface area contributed by atoms with Crippen molar-refractivity contribution >= 4 is 34.5 Å². The van der Waals surface area contributed by atoms with Crippen LogP contribution in [0.4, 0.5) is 10.5 Å². The Hall–Kier alpha value is -2.53. The van der Waals surface area contributed by atoms with E-state index in [0.717, 1.165) is 0 Å². The van der Waals surface area contributed by atoms with E-state index in [0.29, 0.717) is 27.6 Å². The molecule has 0 aliphatic rings. The molecular weight excluding hydrogens is 280 g/mol. The van der Waals surface area contributed by atoms with Gasteiger partial charge in [-0.3, -0.25) is 5.32 Å². The first-order valence-electron chi connectivity index (χ1n) is 5.78. The zero-order valence-corrected chi connectivity index (χ0v) is 10.9. The fraction of sp³-hybridized carbons (Fsp3) is 0. The number of carbonyl (C=O) groups excluding carboxylic acids is 1. The van der Waals surface area contributed by atoms with Crippen LogP contribution >= 0.6 is 11.6 Å². The van der Waals surface area contributed by atoms with E-state index in [1.54, 1.807) is 42.5 Å². The van der Waals surface area contributed by atoms with Crippen molar-refractivity contribution in [1.29, 1.82) is 0 Å². The smallest absolute Gasteiger partial charge is 0.417 e. The van der Waals surface area contributed by atoms with E-state index >= 15 is 0 Å². The highest BCUT2D eigenvalue weighted by atomic mass is 35.5. The number of anilines is 1. The number of benzene rings is 2. The predicted molar refractivity (Wildman–Crippen MR) is 75.1 cm³/mol. The third-order valence-electron chi connectivity index (χ3n) is 2.58. The Morgan fingerprint density at radius 3 is 3.00 bits per heavy atom. The van der Waals surface area contributed by atoms with Crippen LogP contribution in [0.2, 0.25) is 5.02 Å². The largest absolute Gasteiger partial charge is 0.443 e. The fourth-order valence-corrected chi connectivity index (χ4v) is 1.91. The van der Waals surface area contributed by atoms with Gasteiger partial charge >= 0.3 is 6.09 Å². The Bertz CT molecular complexity index is 770. The molecule has 0 saturated carbocycles. The topological polar surface area (TPSA) is 64.4 Å². The maximum absolute atomic E-state index is 11.7. The molecule has 1 aromatic heterocycles.